The van der Waals surface area contributed by atoms with Crippen molar-refractivity contribution in [3.05, 3.63) is 34.3 Å². The van der Waals surface area contributed by atoms with E-state index in [0.717, 1.165) is 28.5 Å². The number of aliphatic hydroxyl groups excluding tert-OH is 1. The van der Waals surface area contributed by atoms with Gasteiger partial charge in [0.05, 0.1) is 53.3 Å². The van der Waals surface area contributed by atoms with Crippen molar-refractivity contribution >= 4 is 40.0 Å². The maximum atomic E-state index is 11.5. The Morgan fingerprint density at radius 2 is 1.72 bits per heavy atom. The van der Waals surface area contributed by atoms with Crippen LogP contribution in [0.1, 0.15) is 33.8 Å². The van der Waals surface area contributed by atoms with Gasteiger partial charge in [0.15, 0.2) is 16.6 Å². The molecule has 0 saturated carbocycles. The monoisotopic (exact) mass is 559 g/mol. The highest BCUT2D eigenvalue weighted by Crippen LogP contribution is 2.39. The lowest BCUT2D eigenvalue weighted by atomic mass is 10.1. The average Bonchev–Trinajstić information content (AvgIpc) is 3.28. The topological polar surface area (TPSA) is 139 Å². The van der Waals surface area contributed by atoms with E-state index < -0.39 is 5.97 Å². The number of methoxy groups -OCH3 is 3. The molecule has 13 heteroatoms. The van der Waals surface area contributed by atoms with Crippen molar-refractivity contribution in [2.24, 2.45) is 0 Å². The van der Waals surface area contributed by atoms with Crippen LogP contribution in [0, 0.1) is 6.92 Å². The van der Waals surface area contributed by atoms with Crippen LogP contribution in [-0.4, -0.2) is 85.8 Å². The maximum Gasteiger partial charge on any atom is 0.347 e. The largest absolute Gasteiger partial charge is 0.493 e. The number of aromatic nitrogens is 3. The van der Waals surface area contributed by atoms with Gasteiger partial charge in [-0.15, -0.1) is 0 Å². The van der Waals surface area contributed by atoms with Crippen LogP contribution in [0.25, 0.3) is 0 Å². The molecular weight excluding hydrogens is 524 g/mol. The molecule has 1 aliphatic rings. The van der Waals surface area contributed by atoms with Crippen molar-refractivity contribution in [2.45, 2.75) is 32.4 Å². The third kappa shape index (κ3) is 6.32. The Morgan fingerprint density at radius 3 is 2.26 bits per heavy atom. The van der Waals surface area contributed by atoms with E-state index in [0.29, 0.717) is 71.0 Å². The van der Waals surface area contributed by atoms with Crippen LogP contribution in [0.5, 0.6) is 17.2 Å². The van der Waals surface area contributed by atoms with Crippen LogP contribution in [0.2, 0.25) is 0 Å². The number of thiazole rings is 1. The van der Waals surface area contributed by atoms with Gasteiger partial charge in [-0.2, -0.15) is 9.97 Å². The van der Waals surface area contributed by atoms with Crippen molar-refractivity contribution in [1.29, 1.82) is 0 Å². The predicted molar refractivity (Wildman–Crippen MR) is 150 cm³/mol. The van der Waals surface area contributed by atoms with Gasteiger partial charge in [0.2, 0.25) is 17.5 Å². The Balaban J connectivity index is 1.72. The van der Waals surface area contributed by atoms with E-state index >= 15 is 0 Å². The molecule has 0 spiro atoms. The van der Waals surface area contributed by atoms with Gasteiger partial charge in [-0.3, -0.25) is 9.80 Å². The summed E-state index contributed by atoms with van der Waals surface area (Å²) in [6.07, 6.45) is 0.985. The zero-order chi connectivity index (χ0) is 28.3. The summed E-state index contributed by atoms with van der Waals surface area (Å²) in [4.78, 5) is 27.7. The lowest BCUT2D eigenvalue weighted by Crippen LogP contribution is -2.41. The molecular formula is C26H35N6O6S+. The van der Waals surface area contributed by atoms with Gasteiger partial charge in [0.1, 0.15) is 17.2 Å². The van der Waals surface area contributed by atoms with E-state index in [4.69, 9.17) is 24.2 Å². The molecule has 0 radical (unpaired) electrons. The molecule has 12 nitrogen and oxygen atoms in total. The molecule has 3 heterocycles. The zero-order valence-corrected chi connectivity index (χ0v) is 23.8. The van der Waals surface area contributed by atoms with Crippen molar-refractivity contribution in [3.63, 3.8) is 0 Å². The minimum atomic E-state index is -1.02. The SMILES string of the molecule is COc1cc(C[N+](C)(C)c2cc(N3CCC(O)CC3)nc(Nc3nc(C)c(C(=O)O)s3)n2)cc(OC)c1OC. The summed E-state index contributed by atoms with van der Waals surface area (Å²) in [5.74, 6) is 2.40. The van der Waals surface area contributed by atoms with Gasteiger partial charge in [0.25, 0.3) is 0 Å². The molecule has 0 bridgehead atoms. The predicted octanol–water partition coefficient (Wildman–Crippen LogP) is 3.44. The number of hydrogen-bond acceptors (Lipinski definition) is 11. The summed E-state index contributed by atoms with van der Waals surface area (Å²) < 4.78 is 16.9. The highest BCUT2D eigenvalue weighted by molar-refractivity contribution is 7.17. The number of carbonyl (C=O) groups is 1. The van der Waals surface area contributed by atoms with Crippen LogP contribution in [0.15, 0.2) is 18.2 Å². The van der Waals surface area contributed by atoms with Crippen molar-refractivity contribution in [3.8, 4) is 17.2 Å². The lowest BCUT2D eigenvalue weighted by Gasteiger charge is -2.33. The third-order valence-electron chi connectivity index (χ3n) is 6.62. The lowest BCUT2D eigenvalue weighted by molar-refractivity contribution is 0.0701. The van der Waals surface area contributed by atoms with E-state index in [2.05, 4.69) is 15.2 Å². The Morgan fingerprint density at radius 1 is 1.08 bits per heavy atom. The van der Waals surface area contributed by atoms with E-state index in [1.807, 2.05) is 32.3 Å². The average molecular weight is 560 g/mol. The molecule has 3 aromatic rings. The maximum absolute atomic E-state index is 11.5. The number of rotatable bonds is 10. The molecule has 3 N–H and O–H groups in total. The number of hydrogen-bond donors (Lipinski definition) is 3. The number of aromatic carboxylic acids is 1. The number of nitrogens with one attached hydrogen (secondary N) is 1. The number of nitrogens with zero attached hydrogens (tertiary/aromatic N) is 5. The quantitative estimate of drug-likeness (QED) is 0.315. The van der Waals surface area contributed by atoms with Gasteiger partial charge in [-0.05, 0) is 31.9 Å². The summed E-state index contributed by atoms with van der Waals surface area (Å²) in [6, 6.07) is 5.79. The van der Waals surface area contributed by atoms with Crippen LogP contribution >= 0.6 is 11.3 Å². The van der Waals surface area contributed by atoms with Crippen LogP contribution < -0.4 is 28.9 Å². The number of carboxylic acids is 1. The first kappa shape index (κ1) is 28.3. The highest BCUT2D eigenvalue weighted by Gasteiger charge is 2.28. The molecule has 1 aromatic carbocycles. The Kier molecular flexibility index (Phi) is 8.42. The number of aliphatic hydroxyl groups is 1. The third-order valence-corrected chi connectivity index (χ3v) is 7.68. The molecule has 4 rings (SSSR count). The molecule has 39 heavy (non-hydrogen) atoms. The summed E-state index contributed by atoms with van der Waals surface area (Å²) in [6.45, 7) is 3.53. The molecule has 0 amide bonds. The normalized spacial score (nSPS) is 14.3. The number of anilines is 3. The highest BCUT2D eigenvalue weighted by atomic mass is 32.1. The van der Waals surface area contributed by atoms with E-state index in [1.165, 1.54) is 0 Å². The number of aryl methyl sites for hydroxylation is 1. The molecule has 0 unspecified atom stereocenters. The summed E-state index contributed by atoms with van der Waals surface area (Å²) in [5, 5.41) is 23.0. The fraction of sp³-hybridized carbons (Fsp3) is 0.462. The second kappa shape index (κ2) is 11.6. The van der Waals surface area contributed by atoms with Gasteiger partial charge in [-0.25, -0.2) is 9.78 Å². The zero-order valence-electron chi connectivity index (χ0n) is 23.0. The molecule has 0 aliphatic carbocycles. The first-order chi connectivity index (χ1) is 18.5. The van der Waals surface area contributed by atoms with Crippen LogP contribution in [0.3, 0.4) is 0 Å². The number of ether oxygens (including phenoxy) is 3. The molecule has 1 saturated heterocycles. The fourth-order valence-electron chi connectivity index (χ4n) is 4.55. The Bertz CT molecular complexity index is 1310. The van der Waals surface area contributed by atoms with E-state index in [-0.39, 0.29) is 11.0 Å². The first-order valence-corrected chi connectivity index (χ1v) is 13.3. The summed E-state index contributed by atoms with van der Waals surface area (Å²) >= 11 is 1.04. The standard InChI is InChI=1S/C26H34N6O6S/c1-15-23(24(34)35)39-26(27-15)30-25-28-20(31-9-7-17(33)8-10-31)13-21(29-25)32(2,3)14-16-11-18(36-4)22(38-6)19(12-16)37-5/h11-13,17,33H,7-10,14H2,1-6H3,(H-,27,28,29,30,34,35)/p+1. The molecule has 2 aromatic heterocycles. The Hall–Kier alpha value is -3.68. The van der Waals surface area contributed by atoms with E-state index in [1.54, 1.807) is 28.3 Å². The fourth-order valence-corrected chi connectivity index (χ4v) is 5.35. The molecule has 1 fully saturated rings. The van der Waals surface area contributed by atoms with Gasteiger partial charge < -0.3 is 29.3 Å². The number of benzene rings is 1. The number of piperidine rings is 1. The van der Waals surface area contributed by atoms with Crippen molar-refractivity contribution in [1.82, 2.24) is 19.4 Å². The van der Waals surface area contributed by atoms with Crippen LogP contribution in [-0.2, 0) is 6.54 Å². The van der Waals surface area contributed by atoms with Crippen molar-refractivity contribution < 1.29 is 29.2 Å². The number of quaternary nitrogens is 1. The second-order valence-electron chi connectivity index (χ2n) is 9.87. The minimum Gasteiger partial charge on any atom is -0.493 e. The molecule has 210 valence electrons. The summed E-state index contributed by atoms with van der Waals surface area (Å²) in [7, 11) is 8.81. The first-order valence-electron chi connectivity index (χ1n) is 12.5. The van der Waals surface area contributed by atoms with Gasteiger partial charge in [-0.1, -0.05) is 11.3 Å². The van der Waals surface area contributed by atoms with Crippen LogP contribution in [0.4, 0.5) is 22.7 Å². The number of carboxylic acid groups (broad SMARTS) is 1. The van der Waals surface area contributed by atoms with Crippen molar-refractivity contribution in [2.75, 3.05) is 58.7 Å². The van der Waals surface area contributed by atoms with Gasteiger partial charge in [0, 0.05) is 18.7 Å². The molecule has 0 atom stereocenters. The Labute approximate surface area is 231 Å². The minimum absolute atomic E-state index is 0.164. The summed E-state index contributed by atoms with van der Waals surface area (Å²) in [5.41, 5.74) is 1.38. The molecule has 1 aliphatic heterocycles. The second-order valence-corrected chi connectivity index (χ2v) is 10.9. The van der Waals surface area contributed by atoms with E-state index in [9.17, 15) is 15.0 Å². The smallest absolute Gasteiger partial charge is 0.347 e. The van der Waals surface area contributed by atoms with Gasteiger partial charge >= 0.3 is 5.97 Å².